The van der Waals surface area contributed by atoms with Crippen LogP contribution in [0.25, 0.3) is 0 Å². The fourth-order valence-electron chi connectivity index (χ4n) is 3.57. The molecule has 0 aliphatic carbocycles. The predicted octanol–water partition coefficient (Wildman–Crippen LogP) is 5.18. The van der Waals surface area contributed by atoms with Gasteiger partial charge in [0.15, 0.2) is 0 Å². The van der Waals surface area contributed by atoms with Gasteiger partial charge in [-0.3, -0.25) is 4.79 Å². The van der Waals surface area contributed by atoms with Crippen LogP contribution in [0.1, 0.15) is 44.9 Å². The van der Waals surface area contributed by atoms with Gasteiger partial charge in [0.25, 0.3) is 26.9 Å². The largest absolute Gasteiger partial charge is 0.513 e. The van der Waals surface area contributed by atoms with Crippen LogP contribution in [0, 0.1) is 37.8 Å². The smallest absolute Gasteiger partial charge is 0.434 e. The average molecular weight is 617 g/mol. The first-order valence-corrected chi connectivity index (χ1v) is 14.3. The van der Waals surface area contributed by atoms with Crippen LogP contribution in [0.3, 0.4) is 0 Å². The minimum atomic E-state index is -4.26. The van der Waals surface area contributed by atoms with Crippen LogP contribution in [0.2, 0.25) is 5.02 Å². The maximum atomic E-state index is 13.2. The molecule has 17 heteroatoms. The van der Waals surface area contributed by atoms with E-state index in [0.29, 0.717) is 35.2 Å². The lowest BCUT2D eigenvalue weighted by atomic mass is 10.0. The quantitative estimate of drug-likeness (QED) is 0.0896. The van der Waals surface area contributed by atoms with E-state index < -0.39 is 27.2 Å². The average Bonchev–Trinajstić information content (AvgIpc) is 3.50. The number of nitrogens with zero attached hydrogens (tertiary/aromatic N) is 2. The van der Waals surface area contributed by atoms with Crippen molar-refractivity contribution in [3.63, 3.8) is 0 Å². The van der Waals surface area contributed by atoms with Crippen molar-refractivity contribution in [3.8, 4) is 5.75 Å². The summed E-state index contributed by atoms with van der Waals surface area (Å²) in [6.07, 6.45) is -0.380. The molecular formula is C23H25ClN4O10S2. The Morgan fingerprint density at radius 2 is 1.88 bits per heavy atom. The van der Waals surface area contributed by atoms with E-state index in [0.717, 1.165) is 11.3 Å². The summed E-state index contributed by atoms with van der Waals surface area (Å²) in [6, 6.07) is 2.95. The molecule has 1 amide bonds. The molecule has 0 bridgehead atoms. The first kappa shape index (κ1) is 30.6. The second kappa shape index (κ2) is 13.0. The second-order valence-electron chi connectivity index (χ2n) is 8.39. The van der Waals surface area contributed by atoms with Gasteiger partial charge in [0.2, 0.25) is 0 Å². The highest BCUT2D eigenvalue weighted by atomic mass is 35.5. The number of hydrogen-bond donors (Lipinski definition) is 2. The zero-order valence-corrected chi connectivity index (χ0v) is 24.1. The third-order valence-electron chi connectivity index (χ3n) is 5.42. The van der Waals surface area contributed by atoms with Gasteiger partial charge in [-0.1, -0.05) is 22.8 Å². The third-order valence-corrected chi connectivity index (χ3v) is 8.28. The molecule has 216 valence electrons. The van der Waals surface area contributed by atoms with Crippen molar-refractivity contribution in [1.82, 2.24) is 5.16 Å². The highest BCUT2D eigenvalue weighted by Crippen LogP contribution is 2.35. The van der Waals surface area contributed by atoms with Gasteiger partial charge >= 0.3 is 6.16 Å². The molecule has 14 nitrogen and oxygen atoms in total. The van der Waals surface area contributed by atoms with Gasteiger partial charge in [0, 0.05) is 5.56 Å². The predicted molar refractivity (Wildman–Crippen MR) is 144 cm³/mol. The third kappa shape index (κ3) is 7.40. The Bertz CT molecular complexity index is 1530. The number of ether oxygens (including phenoxy) is 2. The number of amides is 1. The number of aryl methyl sites for hydroxylation is 3. The molecule has 3 aromatic rings. The molecule has 40 heavy (non-hydrogen) atoms. The van der Waals surface area contributed by atoms with Gasteiger partial charge in [-0.25, -0.2) is 17.9 Å². The van der Waals surface area contributed by atoms with E-state index in [9.17, 15) is 28.1 Å². The summed E-state index contributed by atoms with van der Waals surface area (Å²) < 4.78 is 43.5. The van der Waals surface area contributed by atoms with Crippen molar-refractivity contribution >= 4 is 56.6 Å². The molecule has 1 aromatic carbocycles. The summed E-state index contributed by atoms with van der Waals surface area (Å²) in [7, 11) is -4.26. The normalized spacial score (nSPS) is 11.1. The fraction of sp³-hybridized carbons (Fsp3) is 0.348. The fourth-order valence-corrected chi connectivity index (χ4v) is 6.06. The van der Waals surface area contributed by atoms with E-state index in [1.54, 1.807) is 26.8 Å². The zero-order valence-electron chi connectivity index (χ0n) is 21.7. The maximum Gasteiger partial charge on any atom is 0.513 e. The molecule has 0 unspecified atom stereocenters. The molecule has 3 rings (SSSR count). The number of thiophene rings is 1. The number of halogens is 1. The van der Waals surface area contributed by atoms with E-state index >= 15 is 0 Å². The Hall–Kier alpha value is -3.89. The summed E-state index contributed by atoms with van der Waals surface area (Å²) in [5.74, 6) is -0.838. The molecule has 0 saturated heterocycles. The van der Waals surface area contributed by atoms with Crippen molar-refractivity contribution < 1.29 is 41.9 Å². The molecule has 0 fully saturated rings. The maximum absolute atomic E-state index is 13.2. The number of hydrogen-bond acceptors (Lipinski definition) is 12. The van der Waals surface area contributed by atoms with Crippen molar-refractivity contribution in [2.24, 2.45) is 0 Å². The highest BCUT2D eigenvalue weighted by molar-refractivity contribution is 7.93. The van der Waals surface area contributed by atoms with Crippen LogP contribution in [0.5, 0.6) is 5.75 Å². The molecular weight excluding hydrogens is 592 g/mol. The lowest BCUT2D eigenvalue weighted by Crippen LogP contribution is -2.19. The van der Waals surface area contributed by atoms with E-state index in [2.05, 4.69) is 20.0 Å². The number of sulfonamides is 1. The van der Waals surface area contributed by atoms with Crippen molar-refractivity contribution in [3.05, 3.63) is 59.9 Å². The van der Waals surface area contributed by atoms with Gasteiger partial charge in [0.05, 0.1) is 18.9 Å². The number of benzene rings is 1. The van der Waals surface area contributed by atoms with Crippen molar-refractivity contribution in [2.75, 3.05) is 23.3 Å². The summed E-state index contributed by atoms with van der Waals surface area (Å²) in [5.41, 5.74) is 2.24. The topological polar surface area (TPSA) is 189 Å². The molecule has 2 aromatic heterocycles. The molecule has 0 aliphatic rings. The number of carbonyl (C=O) groups is 2. The van der Waals surface area contributed by atoms with Gasteiger partial charge in [0.1, 0.15) is 26.2 Å². The number of rotatable bonds is 12. The molecule has 0 atom stereocenters. The standard InChI is InChI=1S/C23H25ClN4O10S2/c1-12-11-13(2)19(37-23(30)35-8-5-6-9-36-28(31)32)14(3)18(12)25-21(29)20-16(7-10-39-20)40(33,34)27-22-17(24)15(4)26-38-22/h7,10-11,27H,5-6,8-9H2,1-4H3,(H,25,29). The molecule has 0 saturated carbocycles. The number of nitrogens with one attached hydrogen (secondary N) is 2. The highest BCUT2D eigenvalue weighted by Gasteiger charge is 2.28. The molecule has 2 heterocycles. The van der Waals surface area contributed by atoms with Crippen molar-refractivity contribution in [1.29, 1.82) is 0 Å². The Kier molecular flexibility index (Phi) is 9.94. The second-order valence-corrected chi connectivity index (χ2v) is 11.3. The Morgan fingerprint density at radius 3 is 2.52 bits per heavy atom. The Morgan fingerprint density at radius 1 is 1.18 bits per heavy atom. The van der Waals surface area contributed by atoms with Gasteiger partial charge in [-0.15, -0.1) is 21.5 Å². The van der Waals surface area contributed by atoms with Crippen LogP contribution >= 0.6 is 22.9 Å². The van der Waals surface area contributed by atoms with E-state index in [-0.39, 0.29) is 45.3 Å². The Labute approximate surface area is 237 Å². The minimum absolute atomic E-state index is 0.00868. The van der Waals surface area contributed by atoms with Crippen LogP contribution < -0.4 is 14.8 Å². The first-order chi connectivity index (χ1) is 18.8. The lowest BCUT2D eigenvalue weighted by molar-refractivity contribution is -0.757. The lowest BCUT2D eigenvalue weighted by Gasteiger charge is -2.17. The van der Waals surface area contributed by atoms with E-state index in [4.69, 9.17) is 25.6 Å². The van der Waals surface area contributed by atoms with Gasteiger partial charge < -0.3 is 24.2 Å². The minimum Gasteiger partial charge on any atom is -0.434 e. The number of aromatic nitrogens is 1. The van der Waals surface area contributed by atoms with Crippen LogP contribution in [-0.4, -0.2) is 43.9 Å². The van der Waals surface area contributed by atoms with Crippen LogP contribution in [0.4, 0.5) is 16.4 Å². The number of unbranched alkanes of at least 4 members (excludes halogenated alkanes) is 1. The summed E-state index contributed by atoms with van der Waals surface area (Å²) in [4.78, 5) is 39.4. The van der Waals surface area contributed by atoms with Gasteiger partial charge in [-0.05, 0) is 63.1 Å². The first-order valence-electron chi connectivity index (χ1n) is 11.6. The van der Waals surface area contributed by atoms with Crippen LogP contribution in [0.15, 0.2) is 26.9 Å². The Balaban J connectivity index is 1.73. The van der Waals surface area contributed by atoms with E-state index in [1.807, 2.05) is 0 Å². The molecule has 0 spiro atoms. The zero-order chi connectivity index (χ0) is 29.6. The summed E-state index contributed by atoms with van der Waals surface area (Å²) >= 11 is 6.92. The number of anilines is 2. The van der Waals surface area contributed by atoms with E-state index in [1.165, 1.54) is 18.4 Å². The molecule has 0 aliphatic heterocycles. The SMILES string of the molecule is Cc1cc(C)c(OC(=O)OCCCCO[N+](=O)[O-])c(C)c1NC(=O)c1sccc1S(=O)(=O)Nc1onc(C)c1Cl. The number of carbonyl (C=O) groups excluding carboxylic acids is 2. The monoisotopic (exact) mass is 616 g/mol. The summed E-state index contributed by atoms with van der Waals surface area (Å²) in [6.45, 7) is 6.42. The van der Waals surface area contributed by atoms with Crippen molar-refractivity contribution in [2.45, 2.75) is 45.4 Å². The molecule has 2 N–H and O–H groups in total. The molecule has 0 radical (unpaired) electrons. The van der Waals surface area contributed by atoms with Gasteiger partial charge in [-0.2, -0.15) is 0 Å². The summed E-state index contributed by atoms with van der Waals surface area (Å²) in [5, 5.41) is 17.0. The van der Waals surface area contributed by atoms with Crippen LogP contribution in [-0.2, 0) is 19.6 Å².